The van der Waals surface area contributed by atoms with Gasteiger partial charge in [0, 0.05) is 31.2 Å². The lowest BCUT2D eigenvalue weighted by atomic mass is 10.2. The molecule has 20 heavy (non-hydrogen) atoms. The van der Waals surface area contributed by atoms with E-state index < -0.39 is 0 Å². The molecule has 2 rings (SSSR count). The molecular formula is C14H18N4O2. The van der Waals surface area contributed by atoms with Crippen LogP contribution in [0, 0.1) is 0 Å². The predicted octanol–water partition coefficient (Wildman–Crippen LogP) is 0.979. The fourth-order valence-corrected chi connectivity index (χ4v) is 1.88. The van der Waals surface area contributed by atoms with Gasteiger partial charge in [-0.25, -0.2) is 4.98 Å². The Morgan fingerprint density at radius 2 is 2.35 bits per heavy atom. The largest absolute Gasteiger partial charge is 0.392 e. The smallest absolute Gasteiger partial charge is 0.270 e. The number of imidazole rings is 1. The number of hydrogen-bond acceptors (Lipinski definition) is 4. The molecular weight excluding hydrogens is 256 g/mol. The van der Waals surface area contributed by atoms with Gasteiger partial charge in [-0.1, -0.05) is 6.92 Å². The molecule has 0 aliphatic carbocycles. The van der Waals surface area contributed by atoms with E-state index in [1.54, 1.807) is 24.7 Å². The van der Waals surface area contributed by atoms with Crippen LogP contribution in [0.5, 0.6) is 0 Å². The Bertz CT molecular complexity index is 554. The van der Waals surface area contributed by atoms with E-state index in [-0.39, 0.29) is 18.6 Å². The van der Waals surface area contributed by atoms with Gasteiger partial charge in [0.15, 0.2) is 0 Å². The number of hydrogen-bond donors (Lipinski definition) is 2. The molecule has 0 saturated carbocycles. The molecule has 2 aromatic heterocycles. The van der Waals surface area contributed by atoms with Crippen molar-refractivity contribution in [2.45, 2.75) is 32.5 Å². The average Bonchev–Trinajstić information content (AvgIpc) is 2.99. The van der Waals surface area contributed by atoms with Crippen LogP contribution in [-0.4, -0.2) is 31.6 Å². The minimum Gasteiger partial charge on any atom is -0.392 e. The average molecular weight is 274 g/mol. The molecule has 2 heterocycles. The van der Waals surface area contributed by atoms with Crippen LogP contribution in [0.25, 0.3) is 0 Å². The second-order valence-corrected chi connectivity index (χ2v) is 4.55. The maximum Gasteiger partial charge on any atom is 0.270 e. The number of pyridine rings is 1. The first-order chi connectivity index (χ1) is 9.72. The Kier molecular flexibility index (Phi) is 4.84. The number of aliphatic hydroxyl groups is 1. The lowest BCUT2D eigenvalue weighted by Gasteiger charge is -2.17. The fourth-order valence-electron chi connectivity index (χ4n) is 1.88. The van der Waals surface area contributed by atoms with E-state index in [1.807, 2.05) is 17.7 Å². The second-order valence-electron chi connectivity index (χ2n) is 4.55. The minimum atomic E-state index is -0.229. The van der Waals surface area contributed by atoms with E-state index in [2.05, 4.69) is 15.3 Å². The number of rotatable bonds is 6. The van der Waals surface area contributed by atoms with E-state index in [0.29, 0.717) is 17.8 Å². The molecule has 1 amide bonds. The van der Waals surface area contributed by atoms with Crippen LogP contribution in [0.4, 0.5) is 0 Å². The number of carbonyl (C=O) groups excluding carboxylic acids is 1. The molecule has 106 valence electrons. The third kappa shape index (κ3) is 3.64. The maximum atomic E-state index is 12.1. The molecule has 0 unspecified atom stereocenters. The van der Waals surface area contributed by atoms with E-state index in [0.717, 1.165) is 6.42 Å². The van der Waals surface area contributed by atoms with Gasteiger partial charge in [-0.15, -0.1) is 0 Å². The molecule has 0 aromatic carbocycles. The van der Waals surface area contributed by atoms with Crippen LogP contribution in [-0.2, 0) is 13.2 Å². The lowest BCUT2D eigenvalue weighted by molar-refractivity contribution is 0.0926. The van der Waals surface area contributed by atoms with Crippen molar-refractivity contribution in [3.63, 3.8) is 0 Å². The monoisotopic (exact) mass is 274 g/mol. The number of aliphatic hydroxyl groups excluding tert-OH is 1. The highest BCUT2D eigenvalue weighted by molar-refractivity contribution is 5.92. The van der Waals surface area contributed by atoms with Crippen molar-refractivity contribution in [1.29, 1.82) is 0 Å². The maximum absolute atomic E-state index is 12.1. The normalized spacial score (nSPS) is 12.1. The summed E-state index contributed by atoms with van der Waals surface area (Å²) in [5.41, 5.74) is 0.994. The van der Waals surface area contributed by atoms with Crippen molar-refractivity contribution in [2.75, 3.05) is 0 Å². The van der Waals surface area contributed by atoms with E-state index in [1.165, 1.54) is 6.20 Å². The summed E-state index contributed by atoms with van der Waals surface area (Å²) in [5.74, 6) is -0.229. The first-order valence-electron chi connectivity index (χ1n) is 6.55. The Morgan fingerprint density at radius 3 is 3.00 bits per heavy atom. The molecule has 6 heteroatoms. The predicted molar refractivity (Wildman–Crippen MR) is 73.9 cm³/mol. The molecule has 0 aliphatic rings. The van der Waals surface area contributed by atoms with Crippen molar-refractivity contribution in [3.8, 4) is 0 Å². The van der Waals surface area contributed by atoms with Gasteiger partial charge in [-0.2, -0.15) is 0 Å². The minimum absolute atomic E-state index is 0.0104. The quantitative estimate of drug-likeness (QED) is 0.823. The van der Waals surface area contributed by atoms with Gasteiger partial charge in [0.05, 0.1) is 12.9 Å². The van der Waals surface area contributed by atoms with Crippen molar-refractivity contribution in [2.24, 2.45) is 0 Å². The van der Waals surface area contributed by atoms with Gasteiger partial charge >= 0.3 is 0 Å². The molecule has 6 nitrogen and oxygen atoms in total. The van der Waals surface area contributed by atoms with Crippen LogP contribution < -0.4 is 5.32 Å². The van der Waals surface area contributed by atoms with Gasteiger partial charge in [0.25, 0.3) is 5.91 Å². The summed E-state index contributed by atoms with van der Waals surface area (Å²) in [6.07, 6.45) is 7.63. The van der Waals surface area contributed by atoms with Gasteiger partial charge in [-0.05, 0) is 24.1 Å². The Hall–Kier alpha value is -2.21. The number of nitrogens with zero attached hydrogens (tertiary/aromatic N) is 3. The van der Waals surface area contributed by atoms with E-state index >= 15 is 0 Å². The molecule has 0 aliphatic heterocycles. The van der Waals surface area contributed by atoms with Crippen molar-refractivity contribution < 1.29 is 9.90 Å². The molecule has 0 spiro atoms. The Morgan fingerprint density at radius 1 is 1.50 bits per heavy atom. The summed E-state index contributed by atoms with van der Waals surface area (Å²) in [7, 11) is 0. The SMILES string of the molecule is CC[C@H](Cn1ccnc1)NC(=O)c1cc(CO)ccn1. The fraction of sp³-hybridized carbons (Fsp3) is 0.357. The topological polar surface area (TPSA) is 80.0 Å². The summed E-state index contributed by atoms with van der Waals surface area (Å²) in [6, 6.07) is 3.29. The summed E-state index contributed by atoms with van der Waals surface area (Å²) in [6.45, 7) is 2.58. The van der Waals surface area contributed by atoms with Crippen molar-refractivity contribution >= 4 is 5.91 Å². The van der Waals surface area contributed by atoms with E-state index in [4.69, 9.17) is 5.11 Å². The Balaban J connectivity index is 2.01. The van der Waals surface area contributed by atoms with Crippen LogP contribution in [0.2, 0.25) is 0 Å². The van der Waals surface area contributed by atoms with Crippen LogP contribution in [0.1, 0.15) is 29.4 Å². The molecule has 2 aromatic rings. The van der Waals surface area contributed by atoms with Gasteiger partial charge in [0.1, 0.15) is 5.69 Å². The molecule has 0 bridgehead atoms. The molecule has 2 N–H and O–H groups in total. The summed E-state index contributed by atoms with van der Waals surface area (Å²) in [5, 5.41) is 12.0. The molecule has 1 atom stereocenters. The van der Waals surface area contributed by atoms with Gasteiger partial charge < -0.3 is 15.0 Å². The first kappa shape index (κ1) is 14.2. The number of nitrogens with one attached hydrogen (secondary N) is 1. The highest BCUT2D eigenvalue weighted by Crippen LogP contribution is 2.04. The van der Waals surface area contributed by atoms with E-state index in [9.17, 15) is 4.79 Å². The third-order valence-corrected chi connectivity index (χ3v) is 3.06. The van der Waals surface area contributed by atoms with Crippen LogP contribution in [0.15, 0.2) is 37.1 Å². The lowest BCUT2D eigenvalue weighted by Crippen LogP contribution is -2.37. The summed E-state index contributed by atoms with van der Waals surface area (Å²) < 4.78 is 1.92. The highest BCUT2D eigenvalue weighted by Gasteiger charge is 2.14. The zero-order valence-corrected chi connectivity index (χ0v) is 11.4. The van der Waals surface area contributed by atoms with Crippen LogP contribution >= 0.6 is 0 Å². The standard InChI is InChI=1S/C14H18N4O2/c1-2-12(8-18-6-5-15-10-18)17-14(20)13-7-11(9-19)3-4-16-13/h3-7,10,12,19H,2,8-9H2,1H3,(H,17,20)/t12-/m1/s1. The first-order valence-corrected chi connectivity index (χ1v) is 6.55. The second kappa shape index (κ2) is 6.81. The number of aromatic nitrogens is 3. The van der Waals surface area contributed by atoms with Crippen LogP contribution in [0.3, 0.4) is 0 Å². The molecule has 0 radical (unpaired) electrons. The van der Waals surface area contributed by atoms with Gasteiger partial charge in [-0.3, -0.25) is 9.78 Å². The molecule has 0 fully saturated rings. The highest BCUT2D eigenvalue weighted by atomic mass is 16.3. The zero-order valence-electron chi connectivity index (χ0n) is 11.4. The zero-order chi connectivity index (χ0) is 14.4. The van der Waals surface area contributed by atoms with Crippen molar-refractivity contribution in [1.82, 2.24) is 19.9 Å². The summed E-state index contributed by atoms with van der Waals surface area (Å²) >= 11 is 0. The molecule has 0 saturated heterocycles. The third-order valence-electron chi connectivity index (χ3n) is 3.06. The number of amides is 1. The number of carbonyl (C=O) groups is 1. The summed E-state index contributed by atoms with van der Waals surface area (Å²) in [4.78, 5) is 20.1. The Labute approximate surface area is 117 Å². The van der Waals surface area contributed by atoms with Gasteiger partial charge in [0.2, 0.25) is 0 Å². The van der Waals surface area contributed by atoms with Crippen molar-refractivity contribution in [3.05, 3.63) is 48.3 Å².